The third-order valence-corrected chi connectivity index (χ3v) is 6.95. The number of amides is 1. The van der Waals surface area contributed by atoms with E-state index in [1.165, 1.54) is 22.7 Å². The summed E-state index contributed by atoms with van der Waals surface area (Å²) in [5.74, 6) is -1.73. The molecule has 29 heavy (non-hydrogen) atoms. The second-order valence-electron chi connectivity index (χ2n) is 6.07. The Labute approximate surface area is 180 Å². The summed E-state index contributed by atoms with van der Waals surface area (Å²) in [4.78, 5) is 38.0. The maximum Gasteiger partial charge on any atom is 0.350 e. The predicted molar refractivity (Wildman–Crippen MR) is 115 cm³/mol. The van der Waals surface area contributed by atoms with E-state index in [1.807, 2.05) is 31.2 Å². The van der Waals surface area contributed by atoms with E-state index in [2.05, 4.69) is 5.32 Å². The van der Waals surface area contributed by atoms with Crippen LogP contribution >= 0.6 is 34.3 Å². The maximum atomic E-state index is 12.4. The van der Waals surface area contributed by atoms with Gasteiger partial charge in [0.15, 0.2) is 6.61 Å². The summed E-state index contributed by atoms with van der Waals surface area (Å²) in [5.41, 5.74) is 1.07. The van der Waals surface area contributed by atoms with Crippen molar-refractivity contribution in [3.8, 4) is 0 Å². The standard InChI is InChI=1S/C20H18ClNO5S2/c1-4-26-19(24)15-10(2)11(3)28-18(15)22-14(23)9-27-20(25)17-16(21)12-7-5-6-8-13(12)29-17/h5-8H,4,9H2,1-3H3,(H,22,23). The number of thiophene rings is 2. The van der Waals surface area contributed by atoms with Crippen LogP contribution in [0.2, 0.25) is 5.02 Å². The van der Waals surface area contributed by atoms with Gasteiger partial charge in [0, 0.05) is 15.0 Å². The van der Waals surface area contributed by atoms with Crippen molar-refractivity contribution in [2.24, 2.45) is 0 Å². The van der Waals surface area contributed by atoms with Gasteiger partial charge in [0.2, 0.25) is 0 Å². The van der Waals surface area contributed by atoms with Crippen LogP contribution in [0.25, 0.3) is 10.1 Å². The van der Waals surface area contributed by atoms with Gasteiger partial charge in [0.1, 0.15) is 9.88 Å². The molecule has 1 aromatic carbocycles. The van der Waals surface area contributed by atoms with Crippen molar-refractivity contribution in [1.82, 2.24) is 0 Å². The molecular formula is C20H18ClNO5S2. The van der Waals surface area contributed by atoms with E-state index in [9.17, 15) is 14.4 Å². The molecule has 1 N–H and O–H groups in total. The van der Waals surface area contributed by atoms with Crippen LogP contribution < -0.4 is 5.32 Å². The van der Waals surface area contributed by atoms with Crippen LogP contribution in [0.5, 0.6) is 0 Å². The Hall–Kier alpha value is -2.42. The summed E-state index contributed by atoms with van der Waals surface area (Å²) in [7, 11) is 0. The molecular weight excluding hydrogens is 434 g/mol. The van der Waals surface area contributed by atoms with Crippen molar-refractivity contribution in [3.63, 3.8) is 0 Å². The lowest BCUT2D eigenvalue weighted by Gasteiger charge is -2.07. The number of ether oxygens (including phenoxy) is 2. The molecule has 0 bridgehead atoms. The summed E-state index contributed by atoms with van der Waals surface area (Å²) in [5, 5.41) is 4.08. The summed E-state index contributed by atoms with van der Waals surface area (Å²) in [6, 6.07) is 7.35. The average molecular weight is 452 g/mol. The molecule has 152 valence electrons. The number of benzene rings is 1. The number of halogens is 1. The number of fused-ring (bicyclic) bond motifs is 1. The summed E-state index contributed by atoms with van der Waals surface area (Å²) >= 11 is 8.74. The third-order valence-electron chi connectivity index (χ3n) is 4.17. The van der Waals surface area contributed by atoms with Gasteiger partial charge in [-0.25, -0.2) is 9.59 Å². The molecule has 3 rings (SSSR count). The van der Waals surface area contributed by atoms with Crippen LogP contribution in [0.1, 0.15) is 37.4 Å². The monoisotopic (exact) mass is 451 g/mol. The Morgan fingerprint density at radius 2 is 1.79 bits per heavy atom. The van der Waals surface area contributed by atoms with E-state index in [1.54, 1.807) is 13.8 Å². The van der Waals surface area contributed by atoms with E-state index in [-0.39, 0.29) is 11.5 Å². The molecule has 0 saturated heterocycles. The lowest BCUT2D eigenvalue weighted by molar-refractivity contribution is -0.119. The van der Waals surface area contributed by atoms with Crippen LogP contribution in [0.15, 0.2) is 24.3 Å². The van der Waals surface area contributed by atoms with Gasteiger partial charge in [-0.2, -0.15) is 0 Å². The Bertz CT molecular complexity index is 1100. The van der Waals surface area contributed by atoms with Gasteiger partial charge in [-0.15, -0.1) is 22.7 Å². The highest BCUT2D eigenvalue weighted by Crippen LogP contribution is 2.36. The average Bonchev–Trinajstić information content (AvgIpc) is 3.17. The Morgan fingerprint density at radius 1 is 1.07 bits per heavy atom. The van der Waals surface area contributed by atoms with Gasteiger partial charge < -0.3 is 14.8 Å². The molecule has 0 aliphatic rings. The third kappa shape index (κ3) is 4.44. The van der Waals surface area contributed by atoms with Crippen molar-refractivity contribution in [2.45, 2.75) is 20.8 Å². The Balaban J connectivity index is 1.68. The zero-order valence-corrected chi connectivity index (χ0v) is 18.3. The fourth-order valence-electron chi connectivity index (χ4n) is 2.67. The maximum absolute atomic E-state index is 12.4. The van der Waals surface area contributed by atoms with Crippen LogP contribution in [0, 0.1) is 13.8 Å². The van der Waals surface area contributed by atoms with Crippen molar-refractivity contribution >= 4 is 67.2 Å². The van der Waals surface area contributed by atoms with Crippen LogP contribution in [0.4, 0.5) is 5.00 Å². The fraction of sp³-hybridized carbons (Fsp3) is 0.250. The molecule has 0 spiro atoms. The van der Waals surface area contributed by atoms with Crippen molar-refractivity contribution in [3.05, 3.63) is 50.2 Å². The van der Waals surface area contributed by atoms with E-state index in [4.69, 9.17) is 21.1 Å². The normalized spacial score (nSPS) is 10.8. The van der Waals surface area contributed by atoms with Crippen LogP contribution in [-0.2, 0) is 14.3 Å². The van der Waals surface area contributed by atoms with Gasteiger partial charge in [-0.05, 0) is 32.4 Å². The second kappa shape index (κ2) is 8.94. The molecule has 2 heterocycles. The molecule has 0 unspecified atom stereocenters. The molecule has 0 aliphatic carbocycles. The number of esters is 2. The fourth-order valence-corrected chi connectivity index (χ4v) is 5.14. The molecule has 1 amide bonds. The van der Waals surface area contributed by atoms with Crippen molar-refractivity contribution in [1.29, 1.82) is 0 Å². The molecule has 0 atom stereocenters. The molecule has 2 aromatic heterocycles. The summed E-state index contributed by atoms with van der Waals surface area (Å²) in [6.07, 6.45) is 0. The minimum Gasteiger partial charge on any atom is -0.462 e. The topological polar surface area (TPSA) is 81.7 Å². The number of carbonyl (C=O) groups is 3. The largest absolute Gasteiger partial charge is 0.462 e. The highest BCUT2D eigenvalue weighted by Gasteiger charge is 2.23. The second-order valence-corrected chi connectivity index (χ2v) is 8.73. The lowest BCUT2D eigenvalue weighted by atomic mass is 10.1. The number of hydrogen-bond acceptors (Lipinski definition) is 7. The summed E-state index contributed by atoms with van der Waals surface area (Å²) < 4.78 is 11.0. The van der Waals surface area contributed by atoms with Gasteiger partial charge in [0.25, 0.3) is 5.91 Å². The first-order valence-electron chi connectivity index (χ1n) is 8.74. The van der Waals surface area contributed by atoms with Gasteiger partial charge >= 0.3 is 11.9 Å². The number of hydrogen-bond donors (Lipinski definition) is 1. The first-order chi connectivity index (χ1) is 13.8. The van der Waals surface area contributed by atoms with E-state index >= 15 is 0 Å². The zero-order valence-electron chi connectivity index (χ0n) is 16.0. The Morgan fingerprint density at radius 3 is 2.48 bits per heavy atom. The first kappa shape index (κ1) is 21.3. The number of aryl methyl sites for hydroxylation is 1. The molecule has 3 aromatic rings. The smallest absolute Gasteiger partial charge is 0.350 e. The van der Waals surface area contributed by atoms with Gasteiger partial charge in [0.05, 0.1) is 17.2 Å². The van der Waals surface area contributed by atoms with E-state index < -0.39 is 24.5 Å². The number of anilines is 1. The SMILES string of the molecule is CCOC(=O)c1c(NC(=O)COC(=O)c2sc3ccccc3c2Cl)sc(C)c1C. The minimum absolute atomic E-state index is 0.230. The van der Waals surface area contributed by atoms with Crippen LogP contribution in [0.3, 0.4) is 0 Å². The zero-order chi connectivity index (χ0) is 21.1. The van der Waals surface area contributed by atoms with Crippen LogP contribution in [-0.4, -0.2) is 31.1 Å². The number of nitrogens with one attached hydrogen (secondary N) is 1. The van der Waals surface area contributed by atoms with Crippen molar-refractivity contribution < 1.29 is 23.9 Å². The van der Waals surface area contributed by atoms with Gasteiger partial charge in [-0.1, -0.05) is 29.8 Å². The molecule has 0 radical (unpaired) electrons. The Kier molecular flexibility index (Phi) is 6.56. The van der Waals surface area contributed by atoms with Gasteiger partial charge in [-0.3, -0.25) is 4.79 Å². The van der Waals surface area contributed by atoms with E-state index in [0.29, 0.717) is 15.6 Å². The summed E-state index contributed by atoms with van der Waals surface area (Å²) in [6.45, 7) is 5.08. The quantitative estimate of drug-likeness (QED) is 0.520. The first-order valence-corrected chi connectivity index (χ1v) is 10.8. The molecule has 0 saturated carbocycles. The molecule has 6 nitrogen and oxygen atoms in total. The molecule has 0 fully saturated rings. The highest BCUT2D eigenvalue weighted by atomic mass is 35.5. The molecule has 0 aliphatic heterocycles. The number of carbonyl (C=O) groups excluding carboxylic acids is 3. The lowest BCUT2D eigenvalue weighted by Crippen LogP contribution is -2.21. The predicted octanol–water partition coefficient (Wildman–Crippen LogP) is 5.21. The van der Waals surface area contributed by atoms with Crippen molar-refractivity contribution in [2.75, 3.05) is 18.5 Å². The highest BCUT2D eigenvalue weighted by molar-refractivity contribution is 7.21. The minimum atomic E-state index is -0.671. The number of rotatable bonds is 6. The van der Waals surface area contributed by atoms with E-state index in [0.717, 1.165) is 20.5 Å². The molecule has 9 heteroatoms.